The molecule has 0 spiro atoms. The molecule has 2 rings (SSSR count). The number of halogens is 1. The maximum atomic E-state index is 12.6. The molecule has 0 radical (unpaired) electrons. The zero-order valence-corrected chi connectivity index (χ0v) is 13.4. The Morgan fingerprint density at radius 3 is 2.48 bits per heavy atom. The highest BCUT2D eigenvalue weighted by atomic mass is 35.5. The lowest BCUT2D eigenvalue weighted by Crippen LogP contribution is -2.26. The molecule has 0 saturated heterocycles. The summed E-state index contributed by atoms with van der Waals surface area (Å²) >= 11 is 5.83. The lowest BCUT2D eigenvalue weighted by molar-refractivity contribution is -0.384. The molecule has 0 aliphatic heterocycles. The molecule has 0 bridgehead atoms. The first kappa shape index (κ1) is 16.8. The molecule has 6 nitrogen and oxygen atoms in total. The number of amides is 1. The van der Waals surface area contributed by atoms with Crippen LogP contribution in [0.1, 0.15) is 15.9 Å². The number of non-ortho nitro benzene ring substituents is 1. The molecule has 7 heteroatoms. The summed E-state index contributed by atoms with van der Waals surface area (Å²) in [4.78, 5) is 24.4. The van der Waals surface area contributed by atoms with Crippen LogP contribution in [0.4, 0.5) is 5.69 Å². The second-order valence-corrected chi connectivity index (χ2v) is 5.37. The predicted molar refractivity (Wildman–Crippen MR) is 86.9 cm³/mol. The van der Waals surface area contributed by atoms with Crippen LogP contribution in [0.15, 0.2) is 42.5 Å². The van der Waals surface area contributed by atoms with Gasteiger partial charge in [0.15, 0.2) is 0 Å². The van der Waals surface area contributed by atoms with Gasteiger partial charge in [-0.15, -0.1) is 0 Å². The summed E-state index contributed by atoms with van der Waals surface area (Å²) in [5.74, 6) is -0.0657. The van der Waals surface area contributed by atoms with Gasteiger partial charge in [0, 0.05) is 30.7 Å². The summed E-state index contributed by atoms with van der Waals surface area (Å²) in [6.07, 6.45) is 0. The maximum Gasteiger partial charge on any atom is 0.270 e. The second-order valence-electron chi connectivity index (χ2n) is 4.93. The van der Waals surface area contributed by atoms with E-state index >= 15 is 0 Å². The van der Waals surface area contributed by atoms with Crippen molar-refractivity contribution in [3.63, 3.8) is 0 Å². The van der Waals surface area contributed by atoms with Crippen molar-refractivity contribution in [3.05, 3.63) is 68.7 Å². The fourth-order valence-electron chi connectivity index (χ4n) is 2.12. The largest absolute Gasteiger partial charge is 0.496 e. The van der Waals surface area contributed by atoms with Crippen molar-refractivity contribution in [1.82, 2.24) is 4.90 Å². The molecule has 120 valence electrons. The Morgan fingerprint density at radius 2 is 1.91 bits per heavy atom. The van der Waals surface area contributed by atoms with E-state index in [0.717, 1.165) is 5.56 Å². The van der Waals surface area contributed by atoms with E-state index in [9.17, 15) is 14.9 Å². The van der Waals surface area contributed by atoms with Gasteiger partial charge in [0.1, 0.15) is 5.75 Å². The minimum absolute atomic E-state index is 0.151. The van der Waals surface area contributed by atoms with Crippen LogP contribution in [0.25, 0.3) is 0 Å². The summed E-state index contributed by atoms with van der Waals surface area (Å²) < 4.78 is 5.13. The predicted octanol–water partition coefficient (Wildman–Crippen LogP) is 3.53. The third kappa shape index (κ3) is 3.98. The van der Waals surface area contributed by atoms with Gasteiger partial charge in [-0.1, -0.05) is 23.7 Å². The minimum atomic E-state index is -0.546. The van der Waals surface area contributed by atoms with Gasteiger partial charge < -0.3 is 9.64 Å². The van der Waals surface area contributed by atoms with Gasteiger partial charge in [-0.05, 0) is 23.8 Å². The highest BCUT2D eigenvalue weighted by Gasteiger charge is 2.20. The Hall–Kier alpha value is -2.60. The third-order valence-corrected chi connectivity index (χ3v) is 3.56. The molecular formula is C16H15ClN2O4. The molecule has 0 N–H and O–H groups in total. The highest BCUT2D eigenvalue weighted by molar-refractivity contribution is 6.30. The normalized spacial score (nSPS) is 10.2. The van der Waals surface area contributed by atoms with Gasteiger partial charge in [0.2, 0.25) is 0 Å². The highest BCUT2D eigenvalue weighted by Crippen LogP contribution is 2.25. The van der Waals surface area contributed by atoms with Crippen molar-refractivity contribution < 1.29 is 14.5 Å². The zero-order valence-electron chi connectivity index (χ0n) is 12.7. The molecule has 0 atom stereocenters. The van der Waals surface area contributed by atoms with Crippen molar-refractivity contribution >= 4 is 23.2 Å². The first-order valence-corrected chi connectivity index (χ1v) is 7.12. The molecule has 23 heavy (non-hydrogen) atoms. The van der Waals surface area contributed by atoms with Crippen molar-refractivity contribution in [2.45, 2.75) is 6.54 Å². The average molecular weight is 335 g/mol. The van der Waals surface area contributed by atoms with Crippen LogP contribution in [-0.4, -0.2) is 29.9 Å². The van der Waals surface area contributed by atoms with Crippen LogP contribution >= 0.6 is 11.6 Å². The molecule has 2 aromatic rings. The number of hydrogen-bond donors (Lipinski definition) is 0. The maximum absolute atomic E-state index is 12.6. The Labute approximate surface area is 138 Å². The van der Waals surface area contributed by atoms with Crippen LogP contribution in [0.5, 0.6) is 5.75 Å². The number of benzene rings is 2. The molecule has 0 fully saturated rings. The molecule has 0 saturated carbocycles. The quantitative estimate of drug-likeness (QED) is 0.619. The molecule has 0 aliphatic carbocycles. The fourth-order valence-corrected chi connectivity index (χ4v) is 2.24. The molecule has 0 aliphatic rings. The summed E-state index contributed by atoms with van der Waals surface area (Å²) in [5.41, 5.74) is 0.891. The van der Waals surface area contributed by atoms with E-state index in [1.54, 1.807) is 19.2 Å². The van der Waals surface area contributed by atoms with E-state index in [2.05, 4.69) is 0 Å². The van der Waals surface area contributed by atoms with E-state index < -0.39 is 4.92 Å². The van der Waals surface area contributed by atoms with E-state index in [1.165, 1.54) is 30.2 Å². The summed E-state index contributed by atoms with van der Waals surface area (Å²) in [5, 5.41) is 11.5. The van der Waals surface area contributed by atoms with Crippen LogP contribution in [0, 0.1) is 10.1 Å². The number of nitro groups is 1. The number of rotatable bonds is 5. The fraction of sp³-hybridized carbons (Fsp3) is 0.188. The SMILES string of the molecule is COc1ccc([N+](=O)[O-])cc1C(=O)N(C)Cc1ccc(Cl)cc1. The number of methoxy groups -OCH3 is 1. The van der Waals surface area contributed by atoms with Gasteiger partial charge in [-0.3, -0.25) is 14.9 Å². The topological polar surface area (TPSA) is 72.7 Å². The number of hydrogen-bond acceptors (Lipinski definition) is 4. The number of nitro benzene ring substituents is 1. The Morgan fingerprint density at radius 1 is 1.26 bits per heavy atom. The third-order valence-electron chi connectivity index (χ3n) is 3.30. The molecule has 0 aromatic heterocycles. The zero-order chi connectivity index (χ0) is 17.0. The summed E-state index contributed by atoms with van der Waals surface area (Å²) in [6, 6.07) is 11.1. The van der Waals surface area contributed by atoms with Crippen LogP contribution in [0.2, 0.25) is 5.02 Å². The Bertz CT molecular complexity index is 731. The van der Waals surface area contributed by atoms with E-state index in [0.29, 0.717) is 17.3 Å². The van der Waals surface area contributed by atoms with Crippen molar-refractivity contribution in [2.75, 3.05) is 14.2 Å². The molecule has 2 aromatic carbocycles. The second kappa shape index (κ2) is 7.11. The Kier molecular flexibility index (Phi) is 5.18. The number of carbonyl (C=O) groups is 1. The first-order chi connectivity index (χ1) is 10.9. The first-order valence-electron chi connectivity index (χ1n) is 6.74. The monoisotopic (exact) mass is 334 g/mol. The van der Waals surface area contributed by atoms with Crippen molar-refractivity contribution in [3.8, 4) is 5.75 Å². The number of nitrogens with zero attached hydrogens (tertiary/aromatic N) is 2. The van der Waals surface area contributed by atoms with Crippen molar-refractivity contribution in [1.29, 1.82) is 0 Å². The smallest absolute Gasteiger partial charge is 0.270 e. The lowest BCUT2D eigenvalue weighted by atomic mass is 10.1. The number of ether oxygens (including phenoxy) is 1. The van der Waals surface area contributed by atoms with Crippen molar-refractivity contribution in [2.24, 2.45) is 0 Å². The minimum Gasteiger partial charge on any atom is -0.496 e. The average Bonchev–Trinajstić information content (AvgIpc) is 2.55. The molecule has 0 unspecified atom stereocenters. The van der Waals surface area contributed by atoms with Gasteiger partial charge >= 0.3 is 0 Å². The van der Waals surface area contributed by atoms with E-state index in [4.69, 9.17) is 16.3 Å². The van der Waals surface area contributed by atoms with E-state index in [1.807, 2.05) is 12.1 Å². The van der Waals surface area contributed by atoms with E-state index in [-0.39, 0.29) is 17.2 Å². The lowest BCUT2D eigenvalue weighted by Gasteiger charge is -2.18. The van der Waals surface area contributed by atoms with Gasteiger partial charge in [0.25, 0.3) is 11.6 Å². The van der Waals surface area contributed by atoms with Gasteiger partial charge in [-0.2, -0.15) is 0 Å². The van der Waals surface area contributed by atoms with Crippen LogP contribution < -0.4 is 4.74 Å². The van der Waals surface area contributed by atoms with Gasteiger partial charge in [-0.25, -0.2) is 0 Å². The Balaban J connectivity index is 2.25. The van der Waals surface area contributed by atoms with Crippen LogP contribution in [0.3, 0.4) is 0 Å². The van der Waals surface area contributed by atoms with Crippen LogP contribution in [-0.2, 0) is 6.54 Å². The molecule has 1 amide bonds. The number of carbonyl (C=O) groups excluding carboxylic acids is 1. The summed E-state index contributed by atoms with van der Waals surface area (Å²) in [7, 11) is 3.03. The standard InChI is InChI=1S/C16H15ClN2O4/c1-18(10-11-3-5-12(17)6-4-11)16(20)14-9-13(19(21)22)7-8-15(14)23-2/h3-9H,10H2,1-2H3. The van der Waals surface area contributed by atoms with Gasteiger partial charge in [0.05, 0.1) is 17.6 Å². The molecular weight excluding hydrogens is 320 g/mol. The molecule has 0 heterocycles. The summed E-state index contributed by atoms with van der Waals surface area (Å²) in [6.45, 7) is 0.349.